The lowest BCUT2D eigenvalue weighted by Gasteiger charge is -2.09. The fourth-order valence-electron chi connectivity index (χ4n) is 2.85. The third-order valence-electron chi connectivity index (χ3n) is 4.59. The summed E-state index contributed by atoms with van der Waals surface area (Å²) in [5.41, 5.74) is -0.531. The zero-order valence-electron chi connectivity index (χ0n) is 18.1. The van der Waals surface area contributed by atoms with Crippen LogP contribution in [0.5, 0.6) is 0 Å². The number of thiazole rings is 2. The quantitative estimate of drug-likeness (QED) is 0.159. The first-order chi connectivity index (χ1) is 18.5. The summed E-state index contributed by atoms with van der Waals surface area (Å²) in [6.07, 6.45) is 0. The van der Waals surface area contributed by atoms with Gasteiger partial charge in [0.2, 0.25) is 11.6 Å². The Balaban J connectivity index is 1.60. The Hall–Kier alpha value is -3.50. The molecule has 4 aromatic rings. The number of hydrogen-bond acceptors (Lipinski definition) is 8. The molecule has 0 bridgehead atoms. The number of anilines is 2. The number of aromatic nitrogens is 2. The highest BCUT2D eigenvalue weighted by Crippen LogP contribution is 2.33. The molecule has 4 rings (SSSR count). The van der Waals surface area contributed by atoms with Gasteiger partial charge in [-0.3, -0.25) is 9.44 Å². The van der Waals surface area contributed by atoms with Gasteiger partial charge in [0.1, 0.15) is 11.4 Å². The van der Waals surface area contributed by atoms with Gasteiger partial charge in [0.15, 0.2) is 66.6 Å². The van der Waals surface area contributed by atoms with Crippen LogP contribution >= 0.6 is 22.7 Å². The number of rotatable bonds is 7. The second-order valence-electron chi connectivity index (χ2n) is 7.08. The fourth-order valence-corrected chi connectivity index (χ4v) is 7.05. The smallest absolute Gasteiger partial charge is 0.254 e. The predicted molar refractivity (Wildman–Crippen MR) is 117 cm³/mol. The lowest BCUT2D eigenvalue weighted by molar-refractivity contribution is 0.358. The Kier molecular flexibility index (Phi) is 7.49. The van der Waals surface area contributed by atoms with Gasteiger partial charge in [-0.1, -0.05) is 0 Å². The SMILES string of the molecule is O=S(=O)(Nc1nc(-c2csc(NS(=O)(=O)c3c(F)c(F)c(F)c(F)c3F)n2)cs1)c1c(F)c(F)c(F)c(F)c1F. The van der Waals surface area contributed by atoms with Crippen LogP contribution in [0.25, 0.3) is 11.4 Å². The molecular formula is C18H4F10N4O4S4. The Bertz CT molecular complexity index is 1720. The summed E-state index contributed by atoms with van der Waals surface area (Å²) in [7, 11) is -10.9. The third kappa shape index (κ3) is 4.94. The highest BCUT2D eigenvalue weighted by molar-refractivity contribution is 7.93. The van der Waals surface area contributed by atoms with E-state index in [0.717, 1.165) is 10.8 Å². The molecule has 0 saturated carbocycles. The highest BCUT2D eigenvalue weighted by Gasteiger charge is 2.35. The van der Waals surface area contributed by atoms with Crippen LogP contribution < -0.4 is 9.44 Å². The van der Waals surface area contributed by atoms with Crippen molar-refractivity contribution in [3.63, 3.8) is 0 Å². The van der Waals surface area contributed by atoms with Crippen molar-refractivity contribution >= 4 is 53.0 Å². The zero-order valence-corrected chi connectivity index (χ0v) is 21.4. The molecule has 2 aromatic carbocycles. The second kappa shape index (κ2) is 10.2. The number of nitrogens with one attached hydrogen (secondary N) is 2. The minimum Gasteiger partial charge on any atom is -0.254 e. The van der Waals surface area contributed by atoms with Crippen molar-refractivity contribution in [1.29, 1.82) is 0 Å². The number of nitrogens with zero attached hydrogens (tertiary/aromatic N) is 2. The Morgan fingerprint density at radius 2 is 0.725 bits per heavy atom. The molecule has 0 aliphatic heterocycles. The molecule has 2 aromatic heterocycles. The van der Waals surface area contributed by atoms with E-state index in [0.29, 0.717) is 22.7 Å². The van der Waals surface area contributed by atoms with E-state index >= 15 is 0 Å². The molecule has 0 unspecified atom stereocenters. The minimum absolute atomic E-state index is 0.266. The maximum Gasteiger partial charge on any atom is 0.269 e. The molecule has 0 amide bonds. The van der Waals surface area contributed by atoms with E-state index in [4.69, 9.17) is 0 Å². The normalized spacial score (nSPS) is 12.2. The van der Waals surface area contributed by atoms with Crippen LogP contribution in [-0.2, 0) is 20.0 Å². The topological polar surface area (TPSA) is 118 Å². The monoisotopic (exact) mass is 658 g/mol. The molecule has 22 heteroatoms. The van der Waals surface area contributed by atoms with Crippen LogP contribution in [0.1, 0.15) is 0 Å². The van der Waals surface area contributed by atoms with Gasteiger partial charge in [-0.15, -0.1) is 22.7 Å². The average molecular weight is 659 g/mol. The first kappa shape index (κ1) is 29.5. The van der Waals surface area contributed by atoms with Gasteiger partial charge in [0.25, 0.3) is 20.0 Å². The molecule has 0 radical (unpaired) electrons. The molecule has 0 saturated heterocycles. The molecule has 0 aliphatic rings. The Labute approximate surface area is 223 Å². The maximum absolute atomic E-state index is 13.9. The molecule has 214 valence electrons. The van der Waals surface area contributed by atoms with Crippen LogP contribution in [-0.4, -0.2) is 26.8 Å². The van der Waals surface area contributed by atoms with Gasteiger partial charge in [0.05, 0.1) is 0 Å². The van der Waals surface area contributed by atoms with Crippen molar-refractivity contribution in [3.05, 3.63) is 68.9 Å². The van der Waals surface area contributed by atoms with E-state index in [-0.39, 0.29) is 11.4 Å². The summed E-state index contributed by atoms with van der Waals surface area (Å²) >= 11 is 0.834. The zero-order chi connectivity index (χ0) is 29.9. The van der Waals surface area contributed by atoms with Crippen molar-refractivity contribution in [2.24, 2.45) is 0 Å². The second-order valence-corrected chi connectivity index (χ2v) is 12.0. The van der Waals surface area contributed by atoms with E-state index in [1.807, 2.05) is 0 Å². The molecule has 0 aliphatic carbocycles. The summed E-state index contributed by atoms with van der Waals surface area (Å²) < 4.78 is 188. The number of hydrogen-bond donors (Lipinski definition) is 2. The Morgan fingerprint density at radius 3 is 1.00 bits per heavy atom. The Morgan fingerprint density at radius 1 is 0.475 bits per heavy atom. The van der Waals surface area contributed by atoms with Crippen LogP contribution in [0.15, 0.2) is 20.6 Å². The first-order valence-electron chi connectivity index (χ1n) is 9.47. The van der Waals surface area contributed by atoms with Gasteiger partial charge in [0, 0.05) is 10.8 Å². The van der Waals surface area contributed by atoms with Gasteiger partial charge in [-0.05, 0) is 0 Å². The molecular weight excluding hydrogens is 654 g/mol. The lowest BCUT2D eigenvalue weighted by Crippen LogP contribution is -2.19. The van der Waals surface area contributed by atoms with Crippen molar-refractivity contribution in [1.82, 2.24) is 9.97 Å². The van der Waals surface area contributed by atoms with E-state index in [1.54, 1.807) is 0 Å². The fraction of sp³-hybridized carbons (Fsp3) is 0. The van der Waals surface area contributed by atoms with E-state index < -0.39 is 98.3 Å². The van der Waals surface area contributed by atoms with Crippen LogP contribution in [0.4, 0.5) is 54.2 Å². The first-order valence-corrected chi connectivity index (χ1v) is 14.2. The minimum atomic E-state index is -5.44. The van der Waals surface area contributed by atoms with E-state index in [2.05, 4.69) is 9.97 Å². The number of benzene rings is 2. The largest absolute Gasteiger partial charge is 0.269 e. The molecule has 40 heavy (non-hydrogen) atoms. The van der Waals surface area contributed by atoms with Gasteiger partial charge < -0.3 is 0 Å². The predicted octanol–water partition coefficient (Wildman–Crippen LogP) is 5.26. The van der Waals surface area contributed by atoms with Crippen LogP contribution in [0.2, 0.25) is 0 Å². The van der Waals surface area contributed by atoms with E-state index in [9.17, 15) is 60.7 Å². The molecule has 0 spiro atoms. The van der Waals surface area contributed by atoms with Crippen LogP contribution in [0.3, 0.4) is 0 Å². The molecule has 0 fully saturated rings. The number of halogens is 10. The highest BCUT2D eigenvalue weighted by atomic mass is 32.2. The van der Waals surface area contributed by atoms with Crippen molar-refractivity contribution in [2.45, 2.75) is 9.79 Å². The lowest BCUT2D eigenvalue weighted by atomic mass is 10.3. The third-order valence-corrected chi connectivity index (χ3v) is 9.08. The van der Waals surface area contributed by atoms with Gasteiger partial charge in [-0.2, -0.15) is 0 Å². The van der Waals surface area contributed by atoms with Crippen molar-refractivity contribution < 1.29 is 60.7 Å². The molecule has 2 heterocycles. The molecule has 0 atom stereocenters. The van der Waals surface area contributed by atoms with Crippen molar-refractivity contribution in [3.8, 4) is 11.4 Å². The molecule has 2 N–H and O–H groups in total. The summed E-state index contributed by atoms with van der Waals surface area (Å²) in [5, 5.41) is 0.702. The van der Waals surface area contributed by atoms with Crippen LogP contribution in [0, 0.1) is 58.2 Å². The van der Waals surface area contributed by atoms with Crippen molar-refractivity contribution in [2.75, 3.05) is 9.44 Å². The summed E-state index contributed by atoms with van der Waals surface area (Å²) in [6.45, 7) is 0. The number of sulfonamides is 2. The summed E-state index contributed by atoms with van der Waals surface area (Å²) in [4.78, 5) is 2.95. The standard InChI is InChI=1S/C18H4F10N4O4S4/c19-5-7(21)11(25)15(12(26)8(5)22)39(33,34)31-17-29-3(1-37-17)4-2-38-18(30-4)32-40(35,36)16-13(27)9(23)6(20)10(24)14(16)28/h1-2H,(H,29,31)(H,30,32). The molecule has 8 nitrogen and oxygen atoms in total. The summed E-state index contributed by atoms with van der Waals surface area (Å²) in [6, 6.07) is 0. The maximum atomic E-state index is 13.9. The summed E-state index contributed by atoms with van der Waals surface area (Å²) in [5.74, 6) is -25.9. The van der Waals surface area contributed by atoms with Gasteiger partial charge in [-0.25, -0.2) is 70.7 Å². The van der Waals surface area contributed by atoms with E-state index in [1.165, 1.54) is 9.44 Å². The van der Waals surface area contributed by atoms with Gasteiger partial charge >= 0.3 is 0 Å². The average Bonchev–Trinajstić information content (AvgIpc) is 3.52.